The summed E-state index contributed by atoms with van der Waals surface area (Å²) in [4.78, 5) is 10.6. The minimum atomic E-state index is -2.02. The lowest BCUT2D eigenvalue weighted by molar-refractivity contribution is -0.527. The summed E-state index contributed by atoms with van der Waals surface area (Å²) in [6.07, 6.45) is 12.1. The van der Waals surface area contributed by atoms with Crippen LogP contribution in [0.25, 0.3) is 0 Å². The highest BCUT2D eigenvalue weighted by Gasteiger charge is 2.36. The van der Waals surface area contributed by atoms with Crippen molar-refractivity contribution in [1.29, 1.82) is 0 Å². The molecular weight excluding hydrogens is 326 g/mol. The average molecular weight is 364 g/mol. The Hall–Kier alpha value is -0.490. The van der Waals surface area contributed by atoms with Gasteiger partial charge in [0.1, 0.15) is 0 Å². The second-order valence-electron chi connectivity index (χ2n) is 7.22. The van der Waals surface area contributed by atoms with Crippen molar-refractivity contribution in [1.82, 2.24) is 0 Å². The first kappa shape index (κ1) is 23.5. The molecule has 5 atom stereocenters. The van der Waals surface area contributed by atoms with E-state index < -0.39 is 28.3 Å². The summed E-state index contributed by atoms with van der Waals surface area (Å²) in [6, 6.07) is -0.795. The summed E-state index contributed by atoms with van der Waals surface area (Å²) in [5.74, 6) is -0.378. The summed E-state index contributed by atoms with van der Waals surface area (Å²) in [6.45, 7) is 7.42. The van der Waals surface area contributed by atoms with E-state index in [1.165, 1.54) is 51.9 Å². The lowest BCUT2D eigenvalue weighted by Crippen LogP contribution is -2.39. The fourth-order valence-electron chi connectivity index (χ4n) is 3.31. The summed E-state index contributed by atoms with van der Waals surface area (Å²) in [5, 5.41) is 10.4. The van der Waals surface area contributed by atoms with Crippen molar-refractivity contribution >= 4 is 11.1 Å². The number of nitrogens with zero attached hydrogens (tertiary/aromatic N) is 1. The molecule has 0 bridgehead atoms. The Morgan fingerprint density at radius 1 is 0.958 bits per heavy atom. The molecule has 0 saturated heterocycles. The van der Waals surface area contributed by atoms with Crippen molar-refractivity contribution in [2.24, 2.45) is 11.8 Å². The SMILES string of the molecule is CCCCCCCCCCCC(C)C(C(C)C(C)[N+](=O)[O-])S(=O)O. The largest absolute Gasteiger partial charge is 0.306 e. The van der Waals surface area contributed by atoms with Crippen LogP contribution in [0, 0.1) is 22.0 Å². The van der Waals surface area contributed by atoms with Gasteiger partial charge in [-0.2, -0.15) is 0 Å². The fraction of sp³-hybridized carbons (Fsp3) is 1.00. The normalized spacial score (nSPS) is 17.9. The molecule has 0 spiro atoms. The van der Waals surface area contributed by atoms with Crippen LogP contribution in [0.1, 0.15) is 91.9 Å². The highest BCUT2D eigenvalue weighted by atomic mass is 32.2. The van der Waals surface area contributed by atoms with Gasteiger partial charge in [-0.3, -0.25) is 10.1 Å². The topological polar surface area (TPSA) is 80.4 Å². The van der Waals surface area contributed by atoms with E-state index in [-0.39, 0.29) is 10.8 Å². The predicted molar refractivity (Wildman–Crippen MR) is 101 cm³/mol. The number of nitro groups is 1. The smallest absolute Gasteiger partial charge is 0.214 e. The molecular formula is C18H37NO4S. The van der Waals surface area contributed by atoms with Gasteiger partial charge in [-0.05, 0) is 12.3 Å². The molecule has 0 amide bonds. The first-order valence-electron chi connectivity index (χ1n) is 9.56. The van der Waals surface area contributed by atoms with Crippen LogP contribution in [-0.4, -0.2) is 25.0 Å². The highest BCUT2D eigenvalue weighted by Crippen LogP contribution is 2.26. The van der Waals surface area contributed by atoms with Gasteiger partial charge in [0.05, 0.1) is 5.25 Å². The van der Waals surface area contributed by atoms with E-state index in [2.05, 4.69) is 6.92 Å². The van der Waals surface area contributed by atoms with Crippen LogP contribution >= 0.6 is 0 Å². The van der Waals surface area contributed by atoms with Gasteiger partial charge in [0.15, 0.2) is 11.1 Å². The average Bonchev–Trinajstić information content (AvgIpc) is 2.52. The molecule has 0 radical (unpaired) electrons. The third-order valence-electron chi connectivity index (χ3n) is 5.17. The van der Waals surface area contributed by atoms with E-state index in [0.717, 1.165) is 19.3 Å². The number of rotatable bonds is 15. The van der Waals surface area contributed by atoms with E-state index in [1.54, 1.807) is 6.92 Å². The molecule has 24 heavy (non-hydrogen) atoms. The van der Waals surface area contributed by atoms with Gasteiger partial charge in [0.2, 0.25) is 6.04 Å². The van der Waals surface area contributed by atoms with Crippen LogP contribution in [0.4, 0.5) is 0 Å². The molecule has 0 fully saturated rings. The van der Waals surface area contributed by atoms with Gasteiger partial charge in [0.25, 0.3) is 0 Å². The molecule has 0 aromatic rings. The molecule has 5 unspecified atom stereocenters. The molecule has 0 aliphatic rings. The van der Waals surface area contributed by atoms with Crippen molar-refractivity contribution in [3.05, 3.63) is 10.1 Å². The lowest BCUT2D eigenvalue weighted by atomic mass is 9.88. The first-order valence-corrected chi connectivity index (χ1v) is 10.7. The Kier molecular flexibility index (Phi) is 13.5. The van der Waals surface area contributed by atoms with E-state index >= 15 is 0 Å². The van der Waals surface area contributed by atoms with E-state index in [4.69, 9.17) is 0 Å². The Bertz CT molecular complexity index is 365. The maximum atomic E-state index is 11.7. The van der Waals surface area contributed by atoms with E-state index in [0.29, 0.717) is 0 Å². The lowest BCUT2D eigenvalue weighted by Gasteiger charge is -2.27. The quantitative estimate of drug-likeness (QED) is 0.182. The summed E-state index contributed by atoms with van der Waals surface area (Å²) in [7, 11) is 0. The minimum absolute atomic E-state index is 0.0257. The highest BCUT2D eigenvalue weighted by molar-refractivity contribution is 7.79. The minimum Gasteiger partial charge on any atom is -0.306 e. The zero-order chi connectivity index (χ0) is 18.5. The van der Waals surface area contributed by atoms with Crippen molar-refractivity contribution < 1.29 is 13.7 Å². The molecule has 0 rings (SSSR count). The van der Waals surface area contributed by atoms with Gasteiger partial charge in [-0.15, -0.1) is 0 Å². The van der Waals surface area contributed by atoms with Crippen molar-refractivity contribution in [2.45, 2.75) is 103 Å². The van der Waals surface area contributed by atoms with Crippen LogP contribution in [0.15, 0.2) is 0 Å². The van der Waals surface area contributed by atoms with Crippen molar-refractivity contribution in [2.75, 3.05) is 0 Å². The zero-order valence-corrected chi connectivity index (χ0v) is 16.7. The number of unbranched alkanes of at least 4 members (excludes halogenated alkanes) is 8. The summed E-state index contributed by atoms with van der Waals surface area (Å²) >= 11 is -2.02. The van der Waals surface area contributed by atoms with Crippen LogP contribution in [0.5, 0.6) is 0 Å². The molecule has 6 heteroatoms. The number of hydrogen-bond acceptors (Lipinski definition) is 3. The Morgan fingerprint density at radius 2 is 1.42 bits per heavy atom. The standard InChI is InChI=1S/C18H37NO4S/c1-5-6-7-8-9-10-11-12-13-14-15(2)18(24(22)23)16(3)17(4)19(20)21/h15-18H,5-14H2,1-4H3,(H,22,23). The maximum Gasteiger partial charge on any atom is 0.214 e. The molecule has 0 aliphatic heterocycles. The molecule has 5 nitrogen and oxygen atoms in total. The van der Waals surface area contributed by atoms with Crippen LogP contribution in [-0.2, 0) is 11.1 Å². The Balaban J connectivity index is 4.06. The Labute approximate surface area is 150 Å². The van der Waals surface area contributed by atoms with E-state index in [9.17, 15) is 18.9 Å². The summed E-state index contributed by atoms with van der Waals surface area (Å²) < 4.78 is 21.2. The molecule has 1 N–H and O–H groups in total. The third kappa shape index (κ3) is 9.72. The van der Waals surface area contributed by atoms with Gasteiger partial charge in [-0.25, -0.2) is 4.21 Å². The molecule has 0 heterocycles. The predicted octanol–water partition coefficient (Wildman–Crippen LogP) is 5.44. The zero-order valence-electron chi connectivity index (χ0n) is 15.9. The van der Waals surface area contributed by atoms with Gasteiger partial charge < -0.3 is 4.55 Å². The van der Waals surface area contributed by atoms with E-state index in [1.807, 2.05) is 6.92 Å². The molecule has 0 aromatic heterocycles. The van der Waals surface area contributed by atoms with Crippen molar-refractivity contribution in [3.8, 4) is 0 Å². The van der Waals surface area contributed by atoms with Crippen LogP contribution < -0.4 is 0 Å². The van der Waals surface area contributed by atoms with Crippen LogP contribution in [0.3, 0.4) is 0 Å². The fourth-order valence-corrected chi connectivity index (χ4v) is 4.44. The second-order valence-corrected chi connectivity index (χ2v) is 8.32. The van der Waals surface area contributed by atoms with Gasteiger partial charge >= 0.3 is 0 Å². The van der Waals surface area contributed by atoms with Gasteiger partial charge in [-0.1, -0.05) is 78.6 Å². The van der Waals surface area contributed by atoms with Crippen molar-refractivity contribution in [3.63, 3.8) is 0 Å². The molecule has 0 saturated carbocycles. The molecule has 0 aliphatic carbocycles. The Morgan fingerprint density at radius 3 is 1.83 bits per heavy atom. The first-order chi connectivity index (χ1) is 11.3. The monoisotopic (exact) mass is 363 g/mol. The van der Waals surface area contributed by atoms with Crippen LogP contribution in [0.2, 0.25) is 0 Å². The molecule has 144 valence electrons. The number of hydrogen-bond donors (Lipinski definition) is 1. The molecule has 0 aromatic carbocycles. The van der Waals surface area contributed by atoms with Gasteiger partial charge in [0, 0.05) is 17.8 Å². The third-order valence-corrected chi connectivity index (χ3v) is 6.53. The maximum absolute atomic E-state index is 11.7. The summed E-state index contributed by atoms with van der Waals surface area (Å²) in [5.41, 5.74) is 0. The second kappa shape index (κ2) is 13.8.